The van der Waals surface area contributed by atoms with E-state index in [1.54, 1.807) is 4.90 Å². The van der Waals surface area contributed by atoms with Crippen LogP contribution in [-0.4, -0.2) is 64.8 Å². The van der Waals surface area contributed by atoms with E-state index in [9.17, 15) is 9.59 Å². The van der Waals surface area contributed by atoms with Gasteiger partial charge in [-0.25, -0.2) is 4.98 Å². The van der Waals surface area contributed by atoms with E-state index in [2.05, 4.69) is 19.6 Å². The van der Waals surface area contributed by atoms with E-state index in [0.29, 0.717) is 13.1 Å². The minimum absolute atomic E-state index is 0. The van der Waals surface area contributed by atoms with Crippen LogP contribution in [-0.2, 0) is 9.59 Å². The zero-order valence-corrected chi connectivity index (χ0v) is 17.0. The summed E-state index contributed by atoms with van der Waals surface area (Å²) in [5, 5.41) is 3.51. The lowest BCUT2D eigenvalue weighted by Gasteiger charge is -2.34. The Labute approximate surface area is 164 Å². The van der Waals surface area contributed by atoms with E-state index >= 15 is 0 Å². The monoisotopic (exact) mass is 412 g/mol. The Kier molecular flexibility index (Phi) is 10.2. The van der Waals surface area contributed by atoms with Crippen molar-refractivity contribution in [2.24, 2.45) is 11.7 Å². The summed E-state index contributed by atoms with van der Waals surface area (Å²) < 4.78 is 4.17. The summed E-state index contributed by atoms with van der Waals surface area (Å²) in [5.41, 5.74) is 5.75. The predicted octanol–water partition coefficient (Wildman–Crippen LogP) is 0.438. The molecule has 0 aromatic carbocycles. The van der Waals surface area contributed by atoms with Gasteiger partial charge in [-0.05, 0) is 12.8 Å². The number of nitrogens with one attached hydrogen (secondary N) is 1. The molecule has 8 nitrogen and oxygen atoms in total. The first kappa shape index (κ1) is 23.8. The van der Waals surface area contributed by atoms with Crippen molar-refractivity contribution in [3.05, 3.63) is 5.82 Å². The topological polar surface area (TPSA) is 104 Å². The lowest BCUT2D eigenvalue weighted by molar-refractivity contribution is -0.133. The molecule has 1 aromatic rings. The third-order valence-electron chi connectivity index (χ3n) is 3.85. The fourth-order valence-electron chi connectivity index (χ4n) is 2.26. The van der Waals surface area contributed by atoms with Crippen LogP contribution in [0.2, 0.25) is 0 Å². The Morgan fingerprint density at radius 3 is 2.32 bits per heavy atom. The highest BCUT2D eigenvalue weighted by Gasteiger charge is 2.24. The first-order valence-corrected chi connectivity index (χ1v) is 8.52. The fourth-order valence-corrected chi connectivity index (χ4v) is 2.98. The minimum Gasteiger partial charge on any atom is -0.346 e. The van der Waals surface area contributed by atoms with Crippen LogP contribution in [0.3, 0.4) is 0 Å². The number of hydrogen-bond acceptors (Lipinski definition) is 7. The maximum absolute atomic E-state index is 12.2. The highest BCUT2D eigenvalue weighted by molar-refractivity contribution is 7.09. The van der Waals surface area contributed by atoms with Crippen molar-refractivity contribution in [2.75, 3.05) is 37.6 Å². The normalized spacial score (nSPS) is 15.2. The number of nitrogens with zero attached hydrogens (tertiary/aromatic N) is 4. The van der Waals surface area contributed by atoms with E-state index in [1.807, 2.05) is 20.8 Å². The van der Waals surface area contributed by atoms with Crippen LogP contribution in [0, 0.1) is 12.8 Å². The molecule has 1 saturated heterocycles. The average molecular weight is 413 g/mol. The molecule has 144 valence electrons. The summed E-state index contributed by atoms with van der Waals surface area (Å²) in [7, 11) is 0. The second kappa shape index (κ2) is 10.7. The van der Waals surface area contributed by atoms with Crippen molar-refractivity contribution in [3.63, 3.8) is 0 Å². The summed E-state index contributed by atoms with van der Waals surface area (Å²) in [4.78, 5) is 32.2. The van der Waals surface area contributed by atoms with Gasteiger partial charge in [-0.15, -0.1) is 24.8 Å². The minimum atomic E-state index is -0.583. The summed E-state index contributed by atoms with van der Waals surface area (Å²) in [5.74, 6) is 0.454. The molecular formula is C14H26Cl2N6O2S. The number of amides is 2. The van der Waals surface area contributed by atoms with Gasteiger partial charge in [0, 0.05) is 37.7 Å². The number of anilines is 1. The molecule has 2 rings (SSSR count). The smallest absolute Gasteiger partial charge is 0.242 e. The first-order chi connectivity index (χ1) is 10.9. The molecule has 0 aliphatic carbocycles. The van der Waals surface area contributed by atoms with Crippen LogP contribution in [0.5, 0.6) is 0 Å². The predicted molar refractivity (Wildman–Crippen MR) is 104 cm³/mol. The highest BCUT2D eigenvalue weighted by atomic mass is 35.5. The lowest BCUT2D eigenvalue weighted by Crippen LogP contribution is -2.52. The van der Waals surface area contributed by atoms with Crippen molar-refractivity contribution < 1.29 is 9.59 Å². The molecule has 2 amide bonds. The zero-order valence-electron chi connectivity index (χ0n) is 14.6. The first-order valence-electron chi connectivity index (χ1n) is 7.75. The summed E-state index contributed by atoms with van der Waals surface area (Å²) in [6.45, 7) is 8.29. The molecular weight excluding hydrogens is 387 g/mol. The average Bonchev–Trinajstić information content (AvgIpc) is 2.98. The van der Waals surface area contributed by atoms with Crippen molar-refractivity contribution >= 4 is 53.3 Å². The van der Waals surface area contributed by atoms with Crippen LogP contribution in [0.15, 0.2) is 0 Å². The van der Waals surface area contributed by atoms with Gasteiger partial charge in [0.1, 0.15) is 5.82 Å². The van der Waals surface area contributed by atoms with Gasteiger partial charge in [-0.2, -0.15) is 4.37 Å². The third-order valence-corrected chi connectivity index (χ3v) is 4.72. The Morgan fingerprint density at radius 1 is 1.24 bits per heavy atom. The number of aromatic nitrogens is 2. The molecule has 1 fully saturated rings. The Balaban J connectivity index is 0.00000288. The van der Waals surface area contributed by atoms with Gasteiger partial charge in [0.25, 0.3) is 0 Å². The van der Waals surface area contributed by atoms with Gasteiger partial charge in [0.2, 0.25) is 16.9 Å². The van der Waals surface area contributed by atoms with Gasteiger partial charge in [-0.3, -0.25) is 9.59 Å². The van der Waals surface area contributed by atoms with Gasteiger partial charge in [0.15, 0.2) is 0 Å². The van der Waals surface area contributed by atoms with Crippen LogP contribution >= 0.6 is 36.3 Å². The second-order valence-electron chi connectivity index (χ2n) is 5.98. The molecule has 1 aromatic heterocycles. The van der Waals surface area contributed by atoms with Crippen molar-refractivity contribution in [1.82, 2.24) is 19.6 Å². The molecule has 0 spiro atoms. The summed E-state index contributed by atoms with van der Waals surface area (Å²) in [6, 6.07) is -0.583. The standard InChI is InChI=1S/C14H24N6O2S.2ClH/c1-9(2)12(15)13(22)16-8-11(21)19-4-6-20(7-5-19)14-17-10(3)18-23-14;;/h9,12H,4-8,15H2,1-3H3,(H,16,22);2*1H/t12-;;/m0../s1. The van der Waals surface area contributed by atoms with Crippen LogP contribution < -0.4 is 16.0 Å². The number of carbonyl (C=O) groups excluding carboxylic acids is 2. The molecule has 11 heteroatoms. The van der Waals surface area contributed by atoms with Crippen molar-refractivity contribution in [2.45, 2.75) is 26.8 Å². The van der Waals surface area contributed by atoms with Gasteiger partial charge >= 0.3 is 0 Å². The molecule has 2 heterocycles. The molecule has 0 radical (unpaired) electrons. The van der Waals surface area contributed by atoms with E-state index in [-0.39, 0.29) is 49.1 Å². The fraction of sp³-hybridized carbons (Fsp3) is 0.714. The number of halogens is 2. The van der Waals surface area contributed by atoms with Crippen molar-refractivity contribution in [3.8, 4) is 0 Å². The van der Waals surface area contributed by atoms with Gasteiger partial charge < -0.3 is 20.9 Å². The Morgan fingerprint density at radius 2 is 1.84 bits per heavy atom. The summed E-state index contributed by atoms with van der Waals surface area (Å²) in [6.07, 6.45) is 0. The lowest BCUT2D eigenvalue weighted by atomic mass is 10.1. The van der Waals surface area contributed by atoms with E-state index < -0.39 is 6.04 Å². The number of hydrogen-bond donors (Lipinski definition) is 2. The van der Waals surface area contributed by atoms with Crippen LogP contribution in [0.4, 0.5) is 5.13 Å². The quantitative estimate of drug-likeness (QED) is 0.726. The highest BCUT2D eigenvalue weighted by Crippen LogP contribution is 2.18. The number of carbonyl (C=O) groups is 2. The molecule has 25 heavy (non-hydrogen) atoms. The number of rotatable bonds is 5. The van der Waals surface area contributed by atoms with Gasteiger partial charge in [0.05, 0.1) is 12.6 Å². The molecule has 1 atom stereocenters. The molecule has 0 saturated carbocycles. The second-order valence-corrected chi connectivity index (χ2v) is 6.71. The largest absolute Gasteiger partial charge is 0.346 e. The zero-order chi connectivity index (χ0) is 17.0. The molecule has 1 aliphatic heterocycles. The molecule has 3 N–H and O–H groups in total. The summed E-state index contributed by atoms with van der Waals surface area (Å²) >= 11 is 1.38. The van der Waals surface area contributed by atoms with E-state index in [4.69, 9.17) is 5.73 Å². The Hall–Kier alpha value is -1.16. The number of aryl methyl sites for hydroxylation is 1. The maximum atomic E-state index is 12.2. The molecule has 0 bridgehead atoms. The van der Waals surface area contributed by atoms with Crippen LogP contribution in [0.25, 0.3) is 0 Å². The van der Waals surface area contributed by atoms with E-state index in [0.717, 1.165) is 24.0 Å². The Bertz CT molecular complexity index is 563. The maximum Gasteiger partial charge on any atom is 0.242 e. The number of piperazine rings is 1. The van der Waals surface area contributed by atoms with E-state index in [1.165, 1.54) is 11.5 Å². The third kappa shape index (κ3) is 6.58. The van der Waals surface area contributed by atoms with Crippen LogP contribution in [0.1, 0.15) is 19.7 Å². The SMILES string of the molecule is Cc1nsc(N2CCN(C(=O)CNC(=O)[C@@H](N)C(C)C)CC2)n1.Cl.Cl. The molecule has 0 unspecified atom stereocenters. The molecule has 1 aliphatic rings. The van der Waals surface area contributed by atoms with Gasteiger partial charge in [-0.1, -0.05) is 13.8 Å². The van der Waals surface area contributed by atoms with Crippen molar-refractivity contribution in [1.29, 1.82) is 0 Å². The number of nitrogens with two attached hydrogens (primary N) is 1.